The molecule has 8 nitrogen and oxygen atoms in total. The number of allylic oxidation sites excluding steroid dienone is 5. The van der Waals surface area contributed by atoms with Crippen LogP contribution in [0.4, 0.5) is 0 Å². The van der Waals surface area contributed by atoms with Crippen molar-refractivity contribution in [2.24, 2.45) is 5.73 Å². The van der Waals surface area contributed by atoms with Gasteiger partial charge in [0.25, 0.3) is 0 Å². The summed E-state index contributed by atoms with van der Waals surface area (Å²) in [4.78, 5) is 22.7. The maximum absolute atomic E-state index is 12.8. The van der Waals surface area contributed by atoms with E-state index in [1.165, 1.54) is 141 Å². The van der Waals surface area contributed by atoms with Crippen molar-refractivity contribution >= 4 is 13.7 Å². The van der Waals surface area contributed by atoms with Crippen LogP contribution in [0.25, 0.3) is 0 Å². The van der Waals surface area contributed by atoms with E-state index in [1.807, 2.05) is 6.08 Å². The number of carbonyl (C=O) groups excluding carboxylic acids is 1. The highest BCUT2D eigenvalue weighted by atomic mass is 31.2. The first-order valence-corrected chi connectivity index (χ1v) is 23.6. The van der Waals surface area contributed by atoms with Gasteiger partial charge in [-0.05, 0) is 44.9 Å². The molecule has 0 radical (unpaired) electrons. The lowest BCUT2D eigenvalue weighted by Crippen LogP contribution is -2.45. The number of phosphoric ester groups is 1. The van der Waals surface area contributed by atoms with Crippen LogP contribution in [0.15, 0.2) is 36.5 Å². The van der Waals surface area contributed by atoms with Crippen LogP contribution >= 0.6 is 7.82 Å². The number of rotatable bonds is 41. The lowest BCUT2D eigenvalue weighted by molar-refractivity contribution is -0.123. The fraction of sp³-hybridized carbons (Fsp3) is 0.841. The summed E-state index contributed by atoms with van der Waals surface area (Å²) >= 11 is 0. The van der Waals surface area contributed by atoms with Crippen molar-refractivity contribution in [3.8, 4) is 0 Å². The molecule has 53 heavy (non-hydrogen) atoms. The molecule has 3 atom stereocenters. The highest BCUT2D eigenvalue weighted by Crippen LogP contribution is 2.43. The van der Waals surface area contributed by atoms with Gasteiger partial charge in [0.1, 0.15) is 0 Å². The highest BCUT2D eigenvalue weighted by molar-refractivity contribution is 7.47. The Labute approximate surface area is 327 Å². The molecule has 0 aromatic carbocycles. The zero-order valence-electron chi connectivity index (χ0n) is 34.5. The molecule has 9 heteroatoms. The van der Waals surface area contributed by atoms with Crippen LogP contribution in [0.5, 0.6) is 0 Å². The SMILES string of the molecule is CCCCCCC/C=C/CC/C=C/CC/C=C/C(O)C(COP(=O)(O)OCCN)NC(=O)CCCCCCCCCCCCCCCCCCCCC. The Balaban J connectivity index is 4.23. The Morgan fingerprint density at radius 1 is 0.604 bits per heavy atom. The molecule has 0 bridgehead atoms. The van der Waals surface area contributed by atoms with Crippen LogP contribution in [0.2, 0.25) is 0 Å². The van der Waals surface area contributed by atoms with Gasteiger partial charge in [0.15, 0.2) is 0 Å². The maximum Gasteiger partial charge on any atom is 0.472 e. The summed E-state index contributed by atoms with van der Waals surface area (Å²) in [7, 11) is -4.35. The molecule has 0 heterocycles. The van der Waals surface area contributed by atoms with Gasteiger partial charge in [0.2, 0.25) is 5.91 Å². The van der Waals surface area contributed by atoms with E-state index < -0.39 is 20.0 Å². The second kappa shape index (κ2) is 40.4. The first-order valence-electron chi connectivity index (χ1n) is 22.1. The number of unbranched alkanes of at least 4 members (excludes halogenated alkanes) is 25. The van der Waals surface area contributed by atoms with Gasteiger partial charge in [-0.3, -0.25) is 13.8 Å². The van der Waals surface area contributed by atoms with Crippen molar-refractivity contribution in [1.82, 2.24) is 5.32 Å². The molecule has 0 aromatic rings. The Morgan fingerprint density at radius 2 is 1.00 bits per heavy atom. The summed E-state index contributed by atoms with van der Waals surface area (Å²) in [5.74, 6) is -0.206. The molecule has 1 amide bonds. The van der Waals surface area contributed by atoms with Gasteiger partial charge in [0, 0.05) is 13.0 Å². The minimum atomic E-state index is -4.35. The third-order valence-electron chi connectivity index (χ3n) is 9.70. The van der Waals surface area contributed by atoms with Crippen molar-refractivity contribution in [2.75, 3.05) is 19.8 Å². The fourth-order valence-electron chi connectivity index (χ4n) is 6.34. The largest absolute Gasteiger partial charge is 0.472 e. The van der Waals surface area contributed by atoms with Crippen LogP contribution in [0, 0.1) is 0 Å². The molecule has 0 rings (SSSR count). The van der Waals surface area contributed by atoms with Crippen molar-refractivity contribution in [1.29, 1.82) is 0 Å². The summed E-state index contributed by atoms with van der Waals surface area (Å²) in [6.07, 6.45) is 47.7. The quantitative estimate of drug-likeness (QED) is 0.0277. The summed E-state index contributed by atoms with van der Waals surface area (Å²) in [6, 6.07) is -0.880. The fourth-order valence-corrected chi connectivity index (χ4v) is 7.10. The minimum absolute atomic E-state index is 0.0726. The zero-order valence-corrected chi connectivity index (χ0v) is 35.4. The average molecular weight is 769 g/mol. The number of aliphatic hydroxyl groups excluding tert-OH is 1. The predicted octanol–water partition coefficient (Wildman–Crippen LogP) is 12.3. The van der Waals surface area contributed by atoms with Gasteiger partial charge in [-0.15, -0.1) is 0 Å². The summed E-state index contributed by atoms with van der Waals surface area (Å²) in [6.45, 7) is 4.10. The lowest BCUT2D eigenvalue weighted by atomic mass is 10.0. The molecule has 312 valence electrons. The third kappa shape index (κ3) is 38.8. The second-order valence-corrected chi connectivity index (χ2v) is 16.3. The van der Waals surface area contributed by atoms with Crippen LogP contribution in [-0.2, 0) is 18.4 Å². The average Bonchev–Trinajstić information content (AvgIpc) is 3.14. The van der Waals surface area contributed by atoms with E-state index in [2.05, 4.69) is 43.5 Å². The molecule has 0 saturated heterocycles. The first kappa shape index (κ1) is 51.7. The Kier molecular flexibility index (Phi) is 39.4. The Hall–Kier alpha value is -1.28. The van der Waals surface area contributed by atoms with Crippen molar-refractivity contribution < 1.29 is 28.4 Å². The number of nitrogens with two attached hydrogens (primary N) is 1. The summed E-state index contributed by atoms with van der Waals surface area (Å²) < 4.78 is 22.1. The molecule has 0 aliphatic carbocycles. The normalized spacial score (nSPS) is 14.4. The molecule has 0 aliphatic heterocycles. The molecule has 0 saturated carbocycles. The summed E-state index contributed by atoms with van der Waals surface area (Å²) in [5, 5.41) is 13.6. The van der Waals surface area contributed by atoms with E-state index in [4.69, 9.17) is 14.8 Å². The Morgan fingerprint density at radius 3 is 1.45 bits per heavy atom. The van der Waals surface area contributed by atoms with E-state index in [9.17, 15) is 19.4 Å². The van der Waals surface area contributed by atoms with Gasteiger partial charge in [-0.2, -0.15) is 0 Å². The van der Waals surface area contributed by atoms with E-state index in [1.54, 1.807) is 6.08 Å². The third-order valence-corrected chi connectivity index (χ3v) is 10.7. The molecular formula is C44H85N2O6P. The van der Waals surface area contributed by atoms with Crippen molar-refractivity contribution in [3.63, 3.8) is 0 Å². The zero-order chi connectivity index (χ0) is 38.9. The molecule has 0 aliphatic rings. The lowest BCUT2D eigenvalue weighted by Gasteiger charge is -2.23. The topological polar surface area (TPSA) is 131 Å². The van der Waals surface area contributed by atoms with Gasteiger partial charge >= 0.3 is 7.82 Å². The van der Waals surface area contributed by atoms with Gasteiger partial charge in [-0.1, -0.05) is 192 Å². The van der Waals surface area contributed by atoms with Gasteiger partial charge in [0.05, 0.1) is 25.4 Å². The van der Waals surface area contributed by atoms with Crippen LogP contribution in [0.1, 0.15) is 206 Å². The number of amides is 1. The van der Waals surface area contributed by atoms with E-state index in [0.717, 1.165) is 44.9 Å². The Bertz CT molecular complexity index is 928. The summed E-state index contributed by atoms with van der Waals surface area (Å²) in [5.41, 5.74) is 5.37. The van der Waals surface area contributed by atoms with E-state index >= 15 is 0 Å². The first-order chi connectivity index (χ1) is 25.9. The maximum atomic E-state index is 12.8. The molecule has 3 unspecified atom stereocenters. The molecule has 0 spiro atoms. The van der Waals surface area contributed by atoms with Crippen molar-refractivity contribution in [3.05, 3.63) is 36.5 Å². The number of hydrogen-bond acceptors (Lipinski definition) is 6. The molecular weight excluding hydrogens is 683 g/mol. The van der Waals surface area contributed by atoms with Gasteiger partial charge < -0.3 is 21.1 Å². The highest BCUT2D eigenvalue weighted by Gasteiger charge is 2.26. The second-order valence-electron chi connectivity index (χ2n) is 14.9. The molecule has 5 N–H and O–H groups in total. The number of nitrogens with one attached hydrogen (secondary N) is 1. The minimum Gasteiger partial charge on any atom is -0.387 e. The van der Waals surface area contributed by atoms with E-state index in [0.29, 0.717) is 6.42 Å². The molecule has 0 aromatic heterocycles. The standard InChI is InChI=1S/C44H85N2O6P/c1-3-5-7-9-11-13-15-17-19-20-21-22-24-26-28-30-32-34-36-38-44(48)46-42(41-52-53(49,50)51-40-39-45)43(47)37-35-33-31-29-27-25-23-18-16-14-12-10-8-6-4-2/h16,18,27,29,35,37,42-43,47H,3-15,17,19-26,28,30-34,36,38-41,45H2,1-2H3,(H,46,48)(H,49,50)/b18-16+,29-27+,37-35+. The van der Waals surface area contributed by atoms with Gasteiger partial charge in [-0.25, -0.2) is 4.57 Å². The van der Waals surface area contributed by atoms with E-state index in [-0.39, 0.29) is 25.7 Å². The van der Waals surface area contributed by atoms with Crippen molar-refractivity contribution in [2.45, 2.75) is 219 Å². The number of hydrogen-bond donors (Lipinski definition) is 4. The number of carbonyl (C=O) groups is 1. The number of phosphoric acid groups is 1. The molecule has 0 fully saturated rings. The van der Waals surface area contributed by atoms with Crippen LogP contribution in [0.3, 0.4) is 0 Å². The monoisotopic (exact) mass is 769 g/mol. The predicted molar refractivity (Wildman–Crippen MR) is 226 cm³/mol. The number of aliphatic hydroxyl groups is 1. The smallest absolute Gasteiger partial charge is 0.387 e. The van der Waals surface area contributed by atoms with Crippen LogP contribution in [-0.4, -0.2) is 47.8 Å². The van der Waals surface area contributed by atoms with Crippen LogP contribution < -0.4 is 11.1 Å².